The molecule has 3 rings (SSSR count). The van der Waals surface area contributed by atoms with E-state index in [4.69, 9.17) is 0 Å². The second-order valence-corrected chi connectivity index (χ2v) is 8.22. The number of nitrogens with one attached hydrogen (secondary N) is 2. The molecular weight excluding hydrogens is 404 g/mol. The first-order chi connectivity index (χ1) is 11.9. The van der Waals surface area contributed by atoms with Crippen molar-refractivity contribution in [2.75, 3.05) is 0 Å². The van der Waals surface area contributed by atoms with Crippen molar-refractivity contribution in [3.63, 3.8) is 0 Å². The minimum absolute atomic E-state index is 0.196. The van der Waals surface area contributed by atoms with Crippen molar-refractivity contribution in [1.82, 2.24) is 19.9 Å². The Hall–Kier alpha value is -2.03. The maximum atomic E-state index is 12.9. The van der Waals surface area contributed by atoms with Gasteiger partial charge in [0, 0.05) is 4.47 Å². The summed E-state index contributed by atoms with van der Waals surface area (Å²) in [4.78, 5) is 4.49. The number of halogens is 1. The van der Waals surface area contributed by atoms with E-state index < -0.39 is 16.1 Å². The zero-order chi connectivity index (χ0) is 18.0. The smallest absolute Gasteiger partial charge is 0.241 e. The second kappa shape index (κ2) is 7.07. The molecule has 3 aromatic rings. The van der Waals surface area contributed by atoms with Gasteiger partial charge in [0.25, 0.3) is 0 Å². The number of aromatic nitrogens is 3. The number of nitrogens with zero attached hydrogens (tertiary/aromatic N) is 2. The standard InChI is InChI=1S/C17H17BrN4O2S/c1-11-10-14(8-9-15(11)18)25(23,24)22-16(13-6-4-3-5-7-13)17-19-12(2)20-21-17/h3-10,16,22H,1-2H3,(H,19,20,21). The highest BCUT2D eigenvalue weighted by Gasteiger charge is 2.26. The molecule has 1 heterocycles. The molecule has 8 heteroatoms. The summed E-state index contributed by atoms with van der Waals surface area (Å²) in [7, 11) is -3.75. The van der Waals surface area contributed by atoms with Crippen LogP contribution in [0.2, 0.25) is 0 Å². The van der Waals surface area contributed by atoms with Crippen molar-refractivity contribution >= 4 is 26.0 Å². The van der Waals surface area contributed by atoms with Gasteiger partial charge in [-0.3, -0.25) is 5.10 Å². The Morgan fingerprint density at radius 1 is 1.12 bits per heavy atom. The fourth-order valence-electron chi connectivity index (χ4n) is 2.41. The molecule has 0 spiro atoms. The Bertz CT molecular complexity index is 987. The SMILES string of the molecule is Cc1nc(C(NS(=O)(=O)c2ccc(Br)c(C)c2)c2ccccc2)n[nH]1. The van der Waals surface area contributed by atoms with E-state index >= 15 is 0 Å². The molecule has 1 unspecified atom stereocenters. The Kier molecular flexibility index (Phi) is 5.03. The van der Waals surface area contributed by atoms with Crippen LogP contribution in [-0.2, 0) is 10.0 Å². The lowest BCUT2D eigenvalue weighted by atomic mass is 10.1. The van der Waals surface area contributed by atoms with Crippen LogP contribution in [0, 0.1) is 13.8 Å². The summed E-state index contributed by atoms with van der Waals surface area (Å²) in [5.41, 5.74) is 1.60. The fraction of sp³-hybridized carbons (Fsp3) is 0.176. The van der Waals surface area contributed by atoms with Gasteiger partial charge in [0.05, 0.1) is 4.90 Å². The largest absolute Gasteiger partial charge is 0.263 e. The van der Waals surface area contributed by atoms with Crippen LogP contribution in [0.4, 0.5) is 0 Å². The van der Waals surface area contributed by atoms with Gasteiger partial charge < -0.3 is 0 Å². The zero-order valence-electron chi connectivity index (χ0n) is 13.7. The first-order valence-electron chi connectivity index (χ1n) is 7.59. The van der Waals surface area contributed by atoms with Gasteiger partial charge in [-0.05, 0) is 43.2 Å². The summed E-state index contributed by atoms with van der Waals surface area (Å²) in [5.74, 6) is 0.996. The average Bonchev–Trinajstić information content (AvgIpc) is 3.02. The van der Waals surface area contributed by atoms with Crippen LogP contribution in [0.25, 0.3) is 0 Å². The van der Waals surface area contributed by atoms with Gasteiger partial charge in [0.15, 0.2) is 5.82 Å². The minimum atomic E-state index is -3.75. The molecule has 0 bridgehead atoms. The number of sulfonamides is 1. The lowest BCUT2D eigenvalue weighted by molar-refractivity contribution is 0.567. The average molecular weight is 421 g/mol. The number of hydrogen-bond acceptors (Lipinski definition) is 4. The highest BCUT2D eigenvalue weighted by Crippen LogP contribution is 2.24. The molecule has 0 saturated heterocycles. The number of aromatic amines is 1. The number of aryl methyl sites for hydroxylation is 2. The van der Waals surface area contributed by atoms with Crippen molar-refractivity contribution in [3.8, 4) is 0 Å². The first kappa shape index (κ1) is 17.8. The molecule has 6 nitrogen and oxygen atoms in total. The molecule has 25 heavy (non-hydrogen) atoms. The second-order valence-electron chi connectivity index (χ2n) is 5.65. The van der Waals surface area contributed by atoms with E-state index in [1.165, 1.54) is 0 Å². The molecule has 0 aliphatic heterocycles. The molecule has 0 radical (unpaired) electrons. The molecule has 0 fully saturated rings. The third-order valence-corrected chi connectivity index (χ3v) is 6.03. The predicted octanol–water partition coefficient (Wildman–Crippen LogP) is 3.25. The number of benzene rings is 2. The highest BCUT2D eigenvalue weighted by molar-refractivity contribution is 9.10. The van der Waals surface area contributed by atoms with Crippen LogP contribution in [0.15, 0.2) is 57.9 Å². The quantitative estimate of drug-likeness (QED) is 0.662. The summed E-state index contributed by atoms with van der Waals surface area (Å²) in [5, 5.41) is 6.89. The Morgan fingerprint density at radius 2 is 1.84 bits per heavy atom. The summed E-state index contributed by atoms with van der Waals surface area (Å²) < 4.78 is 29.3. The predicted molar refractivity (Wildman–Crippen MR) is 98.6 cm³/mol. The summed E-state index contributed by atoms with van der Waals surface area (Å²) in [6.45, 7) is 3.61. The van der Waals surface area contributed by atoms with Crippen LogP contribution in [0.3, 0.4) is 0 Å². The zero-order valence-corrected chi connectivity index (χ0v) is 16.1. The molecule has 0 saturated carbocycles. The Labute approximate surface area is 154 Å². The van der Waals surface area contributed by atoms with Crippen molar-refractivity contribution in [2.24, 2.45) is 0 Å². The van der Waals surface area contributed by atoms with E-state index in [-0.39, 0.29) is 4.90 Å². The maximum absolute atomic E-state index is 12.9. The van der Waals surface area contributed by atoms with E-state index in [0.29, 0.717) is 11.6 Å². The summed E-state index contributed by atoms with van der Waals surface area (Å²) in [6, 6.07) is 13.5. The van der Waals surface area contributed by atoms with Crippen molar-refractivity contribution < 1.29 is 8.42 Å². The number of rotatable bonds is 5. The normalized spacial score (nSPS) is 12.9. The van der Waals surface area contributed by atoms with E-state index in [1.54, 1.807) is 25.1 Å². The third kappa shape index (κ3) is 3.97. The number of H-pyrrole nitrogens is 1. The molecule has 0 aliphatic rings. The van der Waals surface area contributed by atoms with Crippen LogP contribution in [0.5, 0.6) is 0 Å². The van der Waals surface area contributed by atoms with E-state index in [9.17, 15) is 8.42 Å². The van der Waals surface area contributed by atoms with Crippen LogP contribution >= 0.6 is 15.9 Å². The van der Waals surface area contributed by atoms with Crippen molar-refractivity contribution in [3.05, 3.63) is 75.8 Å². The molecule has 1 atom stereocenters. The van der Waals surface area contributed by atoms with Crippen LogP contribution in [-0.4, -0.2) is 23.6 Å². The summed E-state index contributed by atoms with van der Waals surface area (Å²) in [6.07, 6.45) is 0. The molecule has 130 valence electrons. The van der Waals surface area contributed by atoms with Gasteiger partial charge in [-0.2, -0.15) is 9.82 Å². The molecule has 0 aliphatic carbocycles. The van der Waals surface area contributed by atoms with Crippen molar-refractivity contribution in [2.45, 2.75) is 24.8 Å². The summed E-state index contributed by atoms with van der Waals surface area (Å²) >= 11 is 3.38. The van der Waals surface area contributed by atoms with Gasteiger partial charge in [-0.1, -0.05) is 46.3 Å². The van der Waals surface area contributed by atoms with E-state index in [0.717, 1.165) is 15.6 Å². The molecular formula is C17H17BrN4O2S. The first-order valence-corrected chi connectivity index (χ1v) is 9.87. The van der Waals surface area contributed by atoms with E-state index in [2.05, 4.69) is 35.8 Å². The Morgan fingerprint density at radius 3 is 2.44 bits per heavy atom. The van der Waals surface area contributed by atoms with Crippen molar-refractivity contribution in [1.29, 1.82) is 0 Å². The van der Waals surface area contributed by atoms with Gasteiger partial charge >= 0.3 is 0 Å². The van der Waals surface area contributed by atoms with Crippen LogP contribution in [0.1, 0.15) is 28.8 Å². The van der Waals surface area contributed by atoms with E-state index in [1.807, 2.05) is 37.3 Å². The topological polar surface area (TPSA) is 87.7 Å². The minimum Gasteiger partial charge on any atom is -0.263 e. The van der Waals surface area contributed by atoms with Gasteiger partial charge in [-0.15, -0.1) is 0 Å². The van der Waals surface area contributed by atoms with Gasteiger partial charge in [0.2, 0.25) is 10.0 Å². The lowest BCUT2D eigenvalue weighted by Crippen LogP contribution is -2.30. The molecule has 2 N–H and O–H groups in total. The van der Waals surface area contributed by atoms with Gasteiger partial charge in [-0.25, -0.2) is 13.4 Å². The monoisotopic (exact) mass is 420 g/mol. The number of hydrogen-bond donors (Lipinski definition) is 2. The molecule has 1 aromatic heterocycles. The van der Waals surface area contributed by atoms with Crippen LogP contribution < -0.4 is 4.72 Å². The lowest BCUT2D eigenvalue weighted by Gasteiger charge is -2.17. The highest BCUT2D eigenvalue weighted by atomic mass is 79.9. The maximum Gasteiger partial charge on any atom is 0.241 e. The molecule has 0 amide bonds. The fourth-order valence-corrected chi connectivity index (χ4v) is 3.93. The Balaban J connectivity index is 2.01. The third-order valence-electron chi connectivity index (χ3n) is 3.72. The molecule has 2 aromatic carbocycles. The van der Waals surface area contributed by atoms with Gasteiger partial charge in [0.1, 0.15) is 11.9 Å².